The highest BCUT2D eigenvalue weighted by molar-refractivity contribution is 5.96. The molecule has 170 valence electrons. The number of aromatic nitrogens is 1. The molecule has 1 aromatic heterocycles. The topological polar surface area (TPSA) is 49.9 Å². The van der Waals surface area contributed by atoms with E-state index in [2.05, 4.69) is 16.3 Å². The van der Waals surface area contributed by atoms with Gasteiger partial charge in [-0.05, 0) is 55.9 Å². The number of nitrogens with zero attached hydrogens (tertiary/aromatic N) is 3. The Hall–Kier alpha value is -2.90. The van der Waals surface area contributed by atoms with Gasteiger partial charge in [0.1, 0.15) is 18.2 Å². The summed E-state index contributed by atoms with van der Waals surface area (Å²) in [5, 5.41) is 3.89. The van der Waals surface area contributed by atoms with Crippen molar-refractivity contribution in [1.29, 1.82) is 0 Å². The Morgan fingerprint density at radius 1 is 1.19 bits per heavy atom. The van der Waals surface area contributed by atoms with Crippen LogP contribution >= 0.6 is 0 Å². The lowest BCUT2D eigenvalue weighted by molar-refractivity contribution is 0.121. The van der Waals surface area contributed by atoms with Gasteiger partial charge in [0.2, 0.25) is 0 Å². The first-order valence-corrected chi connectivity index (χ1v) is 11.0. The number of benzene rings is 2. The minimum Gasteiger partial charge on any atom is -0.492 e. The molecule has 1 atom stereocenters. The molecule has 1 N–H and O–H groups in total. The quantitative estimate of drug-likeness (QED) is 0.538. The fourth-order valence-corrected chi connectivity index (χ4v) is 4.10. The number of ether oxygens (including phenoxy) is 2. The zero-order valence-corrected chi connectivity index (χ0v) is 19.2. The molecule has 7 heteroatoms. The maximum Gasteiger partial charge on any atom is 0.147 e. The maximum absolute atomic E-state index is 14.8. The third kappa shape index (κ3) is 4.64. The Labute approximate surface area is 188 Å². The van der Waals surface area contributed by atoms with Crippen LogP contribution in [0.15, 0.2) is 42.5 Å². The standard InChI is InChI=1S/C25H31FN4O2/c1-27-10-12-32-18-7-5-17(6-8-18)22-14-24(30-11-9-19(16-30)31-4)20-13-21(26)25(29(2)3)15-23(20)28-22/h5-8,13-15,19,27H,9-12,16H2,1-4H3. The van der Waals surface area contributed by atoms with Crippen molar-refractivity contribution in [2.24, 2.45) is 0 Å². The molecule has 1 saturated heterocycles. The SMILES string of the molecule is CNCCOc1ccc(-c2cc(N3CCC(OC)C3)c3cc(F)c(N(C)C)cc3n2)cc1. The number of halogens is 1. The number of hydrogen-bond donors (Lipinski definition) is 1. The molecule has 32 heavy (non-hydrogen) atoms. The molecule has 3 aromatic rings. The minimum absolute atomic E-state index is 0.182. The average Bonchev–Trinajstić information content (AvgIpc) is 3.28. The van der Waals surface area contributed by atoms with Crippen LogP contribution in [0.25, 0.3) is 22.2 Å². The van der Waals surface area contributed by atoms with Crippen molar-refractivity contribution in [3.63, 3.8) is 0 Å². The van der Waals surface area contributed by atoms with E-state index >= 15 is 0 Å². The molecule has 0 aliphatic carbocycles. The maximum atomic E-state index is 14.8. The van der Waals surface area contributed by atoms with Gasteiger partial charge in [0.25, 0.3) is 0 Å². The fraction of sp³-hybridized carbons (Fsp3) is 0.400. The normalized spacial score (nSPS) is 16.0. The summed E-state index contributed by atoms with van der Waals surface area (Å²) in [5.41, 5.74) is 4.14. The minimum atomic E-state index is -0.246. The van der Waals surface area contributed by atoms with Crippen molar-refractivity contribution < 1.29 is 13.9 Å². The van der Waals surface area contributed by atoms with Gasteiger partial charge in [0.15, 0.2) is 0 Å². The number of likely N-dealkylation sites (N-methyl/N-ethyl adjacent to an activating group) is 1. The second-order valence-electron chi connectivity index (χ2n) is 8.31. The summed E-state index contributed by atoms with van der Waals surface area (Å²) in [5.74, 6) is 0.577. The molecule has 0 radical (unpaired) electrons. The number of anilines is 2. The molecule has 0 amide bonds. The van der Waals surface area contributed by atoms with E-state index < -0.39 is 0 Å². The first-order chi connectivity index (χ1) is 15.5. The molecule has 2 heterocycles. The van der Waals surface area contributed by atoms with Crippen molar-refractivity contribution in [2.45, 2.75) is 12.5 Å². The molecule has 1 unspecified atom stereocenters. The fourth-order valence-electron chi connectivity index (χ4n) is 4.10. The Kier molecular flexibility index (Phi) is 6.77. The first kappa shape index (κ1) is 22.3. The first-order valence-electron chi connectivity index (χ1n) is 11.0. The van der Waals surface area contributed by atoms with E-state index in [-0.39, 0.29) is 11.9 Å². The predicted octanol–water partition coefficient (Wildman–Crippen LogP) is 3.93. The number of fused-ring (bicyclic) bond motifs is 1. The smallest absolute Gasteiger partial charge is 0.147 e. The lowest BCUT2D eigenvalue weighted by atomic mass is 10.1. The Bertz CT molecular complexity index is 1070. The zero-order chi connectivity index (χ0) is 22.7. The zero-order valence-electron chi connectivity index (χ0n) is 19.2. The van der Waals surface area contributed by atoms with Gasteiger partial charge in [0, 0.05) is 57.5 Å². The summed E-state index contributed by atoms with van der Waals surface area (Å²) >= 11 is 0. The molecule has 1 aliphatic rings. The van der Waals surface area contributed by atoms with Crippen LogP contribution in [0.2, 0.25) is 0 Å². The predicted molar refractivity (Wildman–Crippen MR) is 129 cm³/mol. The lowest BCUT2D eigenvalue weighted by Crippen LogP contribution is -2.22. The summed E-state index contributed by atoms with van der Waals surface area (Å²) in [4.78, 5) is 8.95. The van der Waals surface area contributed by atoms with Crippen LogP contribution in [-0.2, 0) is 4.74 Å². The van der Waals surface area contributed by atoms with E-state index in [0.29, 0.717) is 12.3 Å². The van der Waals surface area contributed by atoms with Crippen LogP contribution in [0.3, 0.4) is 0 Å². The summed E-state index contributed by atoms with van der Waals surface area (Å²) < 4.78 is 26.1. The van der Waals surface area contributed by atoms with Gasteiger partial charge in [-0.15, -0.1) is 0 Å². The van der Waals surface area contributed by atoms with Crippen molar-refractivity contribution in [1.82, 2.24) is 10.3 Å². The molecule has 0 spiro atoms. The molecule has 4 rings (SSSR count). The molecule has 1 aliphatic heterocycles. The van der Waals surface area contributed by atoms with E-state index in [4.69, 9.17) is 14.5 Å². The highest BCUT2D eigenvalue weighted by Gasteiger charge is 2.25. The lowest BCUT2D eigenvalue weighted by Gasteiger charge is -2.23. The van der Waals surface area contributed by atoms with Gasteiger partial charge in [0.05, 0.1) is 23.0 Å². The largest absolute Gasteiger partial charge is 0.492 e. The molecule has 0 saturated carbocycles. The molecule has 6 nitrogen and oxygen atoms in total. The van der Waals surface area contributed by atoms with E-state index in [1.807, 2.05) is 51.5 Å². The molecular weight excluding hydrogens is 407 g/mol. The number of methoxy groups -OCH3 is 1. The van der Waals surface area contributed by atoms with Gasteiger partial charge in [-0.25, -0.2) is 9.37 Å². The number of rotatable bonds is 8. The van der Waals surface area contributed by atoms with Crippen LogP contribution < -0.4 is 19.9 Å². The Balaban J connectivity index is 1.76. The summed E-state index contributed by atoms with van der Waals surface area (Å²) in [7, 11) is 7.32. The summed E-state index contributed by atoms with van der Waals surface area (Å²) in [6, 6.07) is 13.5. The molecule has 1 fully saturated rings. The number of hydrogen-bond acceptors (Lipinski definition) is 6. The van der Waals surface area contributed by atoms with E-state index in [1.54, 1.807) is 18.1 Å². The van der Waals surface area contributed by atoms with Gasteiger partial charge < -0.3 is 24.6 Å². The van der Waals surface area contributed by atoms with E-state index in [0.717, 1.165) is 59.7 Å². The molecular formula is C25H31FN4O2. The van der Waals surface area contributed by atoms with Gasteiger partial charge in [-0.2, -0.15) is 0 Å². The van der Waals surface area contributed by atoms with Crippen molar-refractivity contribution in [2.75, 3.05) is 64.3 Å². The second kappa shape index (κ2) is 9.71. The Morgan fingerprint density at radius 2 is 1.97 bits per heavy atom. The molecule has 2 aromatic carbocycles. The number of nitrogens with one attached hydrogen (secondary N) is 1. The summed E-state index contributed by atoms with van der Waals surface area (Å²) in [6.45, 7) is 3.06. The van der Waals surface area contributed by atoms with E-state index in [1.165, 1.54) is 0 Å². The van der Waals surface area contributed by atoms with Gasteiger partial charge in [-0.1, -0.05) is 0 Å². The second-order valence-corrected chi connectivity index (χ2v) is 8.31. The van der Waals surface area contributed by atoms with Gasteiger partial charge >= 0.3 is 0 Å². The average molecular weight is 439 g/mol. The van der Waals surface area contributed by atoms with Crippen LogP contribution in [0.1, 0.15) is 6.42 Å². The van der Waals surface area contributed by atoms with Crippen molar-refractivity contribution in [3.8, 4) is 17.0 Å². The number of pyridine rings is 1. The van der Waals surface area contributed by atoms with Crippen LogP contribution in [0, 0.1) is 5.82 Å². The summed E-state index contributed by atoms with van der Waals surface area (Å²) in [6.07, 6.45) is 1.13. The van der Waals surface area contributed by atoms with Crippen LogP contribution in [0.5, 0.6) is 5.75 Å². The van der Waals surface area contributed by atoms with Crippen LogP contribution in [0.4, 0.5) is 15.8 Å². The third-order valence-corrected chi connectivity index (χ3v) is 5.93. The van der Waals surface area contributed by atoms with Crippen molar-refractivity contribution >= 4 is 22.3 Å². The highest BCUT2D eigenvalue weighted by atomic mass is 19.1. The van der Waals surface area contributed by atoms with Crippen LogP contribution in [-0.4, -0.2) is 65.6 Å². The monoisotopic (exact) mass is 438 g/mol. The third-order valence-electron chi connectivity index (χ3n) is 5.93. The van der Waals surface area contributed by atoms with E-state index in [9.17, 15) is 4.39 Å². The van der Waals surface area contributed by atoms with Gasteiger partial charge in [-0.3, -0.25) is 0 Å². The van der Waals surface area contributed by atoms with Crippen molar-refractivity contribution in [3.05, 3.63) is 48.3 Å². The Morgan fingerprint density at radius 3 is 2.62 bits per heavy atom. The molecule has 0 bridgehead atoms. The highest BCUT2D eigenvalue weighted by Crippen LogP contribution is 2.36.